The molecule has 0 aromatic rings. The molecule has 4 nitrogen and oxygen atoms in total. The first-order valence-corrected chi connectivity index (χ1v) is 6.15. The summed E-state index contributed by atoms with van der Waals surface area (Å²) in [4.78, 5) is 22.1. The summed E-state index contributed by atoms with van der Waals surface area (Å²) in [6, 6.07) is 0. The van der Waals surface area contributed by atoms with Crippen molar-refractivity contribution in [2.75, 3.05) is 0 Å². The predicted octanol–water partition coefficient (Wildman–Crippen LogP) is 1.22. The number of allylic oxidation sites excluding steroid dienone is 1. The van der Waals surface area contributed by atoms with E-state index in [0.717, 1.165) is 25.7 Å². The zero-order valence-corrected chi connectivity index (χ0v) is 9.96. The second-order valence-electron chi connectivity index (χ2n) is 4.97. The molecule has 0 amide bonds. The molecule has 0 aliphatic heterocycles. The van der Waals surface area contributed by atoms with Crippen LogP contribution >= 0.6 is 0 Å². The SMILES string of the molecule is CC(=O)/C=C/C(=O)O[C@H]1CC[C@H]2[C@@H]1CC[C@@H]2O. The third kappa shape index (κ3) is 2.75. The van der Waals surface area contributed by atoms with E-state index in [9.17, 15) is 14.7 Å². The van der Waals surface area contributed by atoms with Crippen molar-refractivity contribution in [3.05, 3.63) is 12.2 Å². The van der Waals surface area contributed by atoms with Gasteiger partial charge in [-0.25, -0.2) is 4.79 Å². The molecule has 0 saturated heterocycles. The Morgan fingerprint density at radius 1 is 1.12 bits per heavy atom. The van der Waals surface area contributed by atoms with Crippen molar-refractivity contribution in [1.82, 2.24) is 0 Å². The number of carbonyl (C=O) groups is 2. The van der Waals surface area contributed by atoms with Crippen molar-refractivity contribution in [3.8, 4) is 0 Å². The van der Waals surface area contributed by atoms with Crippen molar-refractivity contribution < 1.29 is 19.4 Å². The lowest BCUT2D eigenvalue weighted by atomic mass is 9.98. The number of ketones is 1. The summed E-state index contributed by atoms with van der Waals surface area (Å²) in [7, 11) is 0. The Bertz CT molecular complexity index is 347. The summed E-state index contributed by atoms with van der Waals surface area (Å²) in [6.07, 6.45) is 5.59. The van der Waals surface area contributed by atoms with Gasteiger partial charge in [-0.1, -0.05) is 0 Å². The summed E-state index contributed by atoms with van der Waals surface area (Å²) in [5, 5.41) is 9.73. The van der Waals surface area contributed by atoms with E-state index >= 15 is 0 Å². The lowest BCUT2D eigenvalue weighted by molar-refractivity contribution is -0.145. The molecule has 4 atom stereocenters. The smallest absolute Gasteiger partial charge is 0.331 e. The van der Waals surface area contributed by atoms with Crippen LogP contribution in [0.25, 0.3) is 0 Å². The number of ether oxygens (including phenoxy) is 1. The molecule has 2 rings (SSSR count). The summed E-state index contributed by atoms with van der Waals surface area (Å²) in [6.45, 7) is 1.39. The number of rotatable bonds is 3. The fraction of sp³-hybridized carbons (Fsp3) is 0.692. The molecular weight excluding hydrogens is 220 g/mol. The standard InChI is InChI=1S/C13H18O4/c1-8(14)2-7-13(16)17-12-6-4-9-10(12)3-5-11(9)15/h2,7,9-12,15H,3-6H2,1H3/b7-2+/t9-,10-,11-,12-/m0/s1. The summed E-state index contributed by atoms with van der Waals surface area (Å²) >= 11 is 0. The molecule has 2 saturated carbocycles. The van der Waals surface area contributed by atoms with Gasteiger partial charge in [0.25, 0.3) is 0 Å². The second kappa shape index (κ2) is 5.00. The highest BCUT2D eigenvalue weighted by molar-refractivity contribution is 5.94. The van der Waals surface area contributed by atoms with Crippen LogP contribution in [-0.2, 0) is 14.3 Å². The normalized spacial score (nSPS) is 36.1. The molecule has 17 heavy (non-hydrogen) atoms. The van der Waals surface area contributed by atoms with E-state index in [-0.39, 0.29) is 18.0 Å². The van der Waals surface area contributed by atoms with Gasteiger partial charge in [0.05, 0.1) is 6.10 Å². The molecule has 0 aromatic heterocycles. The Morgan fingerprint density at radius 3 is 2.53 bits per heavy atom. The average molecular weight is 238 g/mol. The molecule has 0 aromatic carbocycles. The van der Waals surface area contributed by atoms with Crippen molar-refractivity contribution in [2.24, 2.45) is 11.8 Å². The van der Waals surface area contributed by atoms with Crippen molar-refractivity contribution >= 4 is 11.8 Å². The van der Waals surface area contributed by atoms with E-state index < -0.39 is 5.97 Å². The van der Waals surface area contributed by atoms with Gasteiger partial charge in [0, 0.05) is 12.0 Å². The van der Waals surface area contributed by atoms with Gasteiger partial charge in [-0.15, -0.1) is 0 Å². The van der Waals surface area contributed by atoms with E-state index in [0.29, 0.717) is 11.8 Å². The number of aliphatic hydroxyl groups is 1. The van der Waals surface area contributed by atoms with E-state index in [1.165, 1.54) is 19.1 Å². The minimum Gasteiger partial charge on any atom is -0.459 e. The van der Waals surface area contributed by atoms with Crippen LogP contribution in [-0.4, -0.2) is 29.1 Å². The molecule has 0 heterocycles. The van der Waals surface area contributed by atoms with Crippen LogP contribution in [0.4, 0.5) is 0 Å². The van der Waals surface area contributed by atoms with Gasteiger partial charge in [-0.3, -0.25) is 4.79 Å². The van der Waals surface area contributed by atoms with E-state index in [1.807, 2.05) is 0 Å². The first-order chi connectivity index (χ1) is 8.08. The maximum atomic E-state index is 11.4. The topological polar surface area (TPSA) is 63.6 Å². The first-order valence-electron chi connectivity index (χ1n) is 6.15. The van der Waals surface area contributed by atoms with E-state index in [4.69, 9.17) is 4.74 Å². The third-order valence-electron chi connectivity index (χ3n) is 3.82. The highest BCUT2D eigenvalue weighted by Gasteiger charge is 2.45. The largest absolute Gasteiger partial charge is 0.459 e. The third-order valence-corrected chi connectivity index (χ3v) is 3.82. The molecule has 0 radical (unpaired) electrons. The first kappa shape index (κ1) is 12.3. The van der Waals surface area contributed by atoms with Gasteiger partial charge < -0.3 is 9.84 Å². The number of esters is 1. The van der Waals surface area contributed by atoms with Crippen LogP contribution in [0.15, 0.2) is 12.2 Å². The van der Waals surface area contributed by atoms with Crippen molar-refractivity contribution in [3.63, 3.8) is 0 Å². The van der Waals surface area contributed by atoms with Crippen LogP contribution in [0, 0.1) is 11.8 Å². The molecule has 1 N–H and O–H groups in total. The minimum absolute atomic E-state index is 0.0822. The van der Waals surface area contributed by atoms with Crippen molar-refractivity contribution in [2.45, 2.75) is 44.8 Å². The lowest BCUT2D eigenvalue weighted by Gasteiger charge is -2.18. The molecule has 2 aliphatic rings. The fourth-order valence-electron chi connectivity index (χ4n) is 3.04. The van der Waals surface area contributed by atoms with Crippen LogP contribution in [0.2, 0.25) is 0 Å². The van der Waals surface area contributed by atoms with Gasteiger partial charge in [-0.05, 0) is 44.6 Å². The van der Waals surface area contributed by atoms with Gasteiger partial charge in [-0.2, -0.15) is 0 Å². The van der Waals surface area contributed by atoms with Gasteiger partial charge in [0.2, 0.25) is 0 Å². The predicted molar refractivity (Wildman–Crippen MR) is 61.2 cm³/mol. The molecule has 2 aliphatic carbocycles. The van der Waals surface area contributed by atoms with Gasteiger partial charge in [0.15, 0.2) is 5.78 Å². The Balaban J connectivity index is 1.88. The van der Waals surface area contributed by atoms with Gasteiger partial charge in [0.1, 0.15) is 6.10 Å². The van der Waals surface area contributed by atoms with E-state index in [1.54, 1.807) is 0 Å². The van der Waals surface area contributed by atoms with Crippen LogP contribution in [0.3, 0.4) is 0 Å². The zero-order chi connectivity index (χ0) is 12.4. The Labute approximate surface area is 101 Å². The monoisotopic (exact) mass is 238 g/mol. The Morgan fingerprint density at radius 2 is 1.82 bits per heavy atom. The highest BCUT2D eigenvalue weighted by atomic mass is 16.5. The maximum absolute atomic E-state index is 11.4. The maximum Gasteiger partial charge on any atom is 0.331 e. The van der Waals surface area contributed by atoms with Crippen LogP contribution in [0.1, 0.15) is 32.6 Å². The number of hydrogen-bond acceptors (Lipinski definition) is 4. The van der Waals surface area contributed by atoms with E-state index in [2.05, 4.69) is 0 Å². The number of hydrogen-bond donors (Lipinski definition) is 1. The lowest BCUT2D eigenvalue weighted by Crippen LogP contribution is -2.23. The highest BCUT2D eigenvalue weighted by Crippen LogP contribution is 2.45. The summed E-state index contributed by atoms with van der Waals surface area (Å²) in [5.74, 6) is -0.0148. The molecule has 0 unspecified atom stereocenters. The minimum atomic E-state index is -0.452. The molecule has 4 heteroatoms. The number of fused-ring (bicyclic) bond motifs is 1. The van der Waals surface area contributed by atoms with Crippen LogP contribution in [0.5, 0.6) is 0 Å². The number of carbonyl (C=O) groups excluding carboxylic acids is 2. The van der Waals surface area contributed by atoms with Gasteiger partial charge >= 0.3 is 5.97 Å². The Hall–Kier alpha value is -1.16. The molecule has 0 bridgehead atoms. The van der Waals surface area contributed by atoms with Crippen molar-refractivity contribution in [1.29, 1.82) is 0 Å². The molecule has 94 valence electrons. The molecule has 2 fully saturated rings. The van der Waals surface area contributed by atoms with Crippen LogP contribution < -0.4 is 0 Å². The molecule has 0 spiro atoms. The number of aliphatic hydroxyl groups excluding tert-OH is 1. The summed E-state index contributed by atoms with van der Waals surface area (Å²) in [5.41, 5.74) is 0. The molecular formula is C13H18O4. The Kier molecular flexibility index (Phi) is 3.62. The summed E-state index contributed by atoms with van der Waals surface area (Å²) < 4.78 is 5.33. The average Bonchev–Trinajstić information content (AvgIpc) is 2.81. The quantitative estimate of drug-likeness (QED) is 0.593. The zero-order valence-electron chi connectivity index (χ0n) is 9.96. The fourth-order valence-corrected chi connectivity index (χ4v) is 3.04. The second-order valence-corrected chi connectivity index (χ2v) is 4.97.